The zero-order chi connectivity index (χ0) is 14.0. The highest BCUT2D eigenvalue weighted by Crippen LogP contribution is 2.32. The van der Waals surface area contributed by atoms with Gasteiger partial charge in [-0.2, -0.15) is 4.31 Å². The first-order valence-corrected chi connectivity index (χ1v) is 8.46. The van der Waals surface area contributed by atoms with E-state index in [4.69, 9.17) is 0 Å². The van der Waals surface area contributed by atoms with Crippen LogP contribution in [0.2, 0.25) is 0 Å². The molecular formula is C15H23NO2S. The fraction of sp³-hybridized carbons (Fsp3) is 0.600. The Morgan fingerprint density at radius 3 is 2.53 bits per heavy atom. The van der Waals surface area contributed by atoms with Crippen molar-refractivity contribution in [3.8, 4) is 0 Å². The Hall–Kier alpha value is -0.870. The average Bonchev–Trinajstić information content (AvgIpc) is 3.15. The van der Waals surface area contributed by atoms with E-state index in [9.17, 15) is 8.42 Å². The van der Waals surface area contributed by atoms with Gasteiger partial charge in [-0.25, -0.2) is 8.42 Å². The van der Waals surface area contributed by atoms with Crippen molar-refractivity contribution in [3.63, 3.8) is 0 Å². The van der Waals surface area contributed by atoms with Crippen LogP contribution in [0.1, 0.15) is 37.3 Å². The van der Waals surface area contributed by atoms with E-state index in [1.54, 1.807) is 10.4 Å². The van der Waals surface area contributed by atoms with Crippen molar-refractivity contribution >= 4 is 10.0 Å². The maximum absolute atomic E-state index is 12.8. The van der Waals surface area contributed by atoms with Gasteiger partial charge in [0.1, 0.15) is 0 Å². The number of aryl methyl sites for hydroxylation is 2. The molecule has 1 fully saturated rings. The third kappa shape index (κ3) is 3.37. The van der Waals surface area contributed by atoms with Crippen molar-refractivity contribution < 1.29 is 8.42 Å². The maximum atomic E-state index is 12.8. The molecule has 1 aromatic carbocycles. The first kappa shape index (κ1) is 14.5. The lowest BCUT2D eigenvalue weighted by Crippen LogP contribution is -2.34. The molecule has 0 radical (unpaired) electrons. The van der Waals surface area contributed by atoms with Gasteiger partial charge >= 0.3 is 0 Å². The summed E-state index contributed by atoms with van der Waals surface area (Å²) < 4.78 is 27.2. The van der Waals surface area contributed by atoms with Gasteiger partial charge in [0.05, 0.1) is 4.90 Å². The minimum atomic E-state index is -3.34. The lowest BCUT2D eigenvalue weighted by molar-refractivity contribution is 0.395. The van der Waals surface area contributed by atoms with Crippen LogP contribution in [0, 0.1) is 19.8 Å². The van der Waals surface area contributed by atoms with Gasteiger partial charge in [0.15, 0.2) is 0 Å². The highest BCUT2D eigenvalue weighted by molar-refractivity contribution is 7.89. The number of benzene rings is 1. The molecule has 0 amide bonds. The minimum absolute atomic E-state index is 0.474. The Balaban J connectivity index is 2.34. The Kier molecular flexibility index (Phi) is 4.31. The summed E-state index contributed by atoms with van der Waals surface area (Å²) >= 11 is 0. The van der Waals surface area contributed by atoms with Gasteiger partial charge in [-0.05, 0) is 56.2 Å². The second-order valence-corrected chi connectivity index (χ2v) is 7.48. The Morgan fingerprint density at radius 1 is 1.26 bits per heavy atom. The third-order valence-corrected chi connectivity index (χ3v) is 5.60. The first-order chi connectivity index (χ1) is 8.95. The predicted octanol–water partition coefficient (Wildman–Crippen LogP) is 3.11. The molecule has 3 nitrogen and oxygen atoms in total. The van der Waals surface area contributed by atoms with Crippen LogP contribution in [0.4, 0.5) is 0 Å². The van der Waals surface area contributed by atoms with E-state index in [0.717, 1.165) is 17.5 Å². The zero-order valence-corrected chi connectivity index (χ0v) is 12.8. The Labute approximate surface area is 116 Å². The molecule has 0 N–H and O–H groups in total. The van der Waals surface area contributed by atoms with Crippen molar-refractivity contribution in [1.82, 2.24) is 4.31 Å². The summed E-state index contributed by atoms with van der Waals surface area (Å²) in [6.07, 6.45) is 3.20. The van der Waals surface area contributed by atoms with Gasteiger partial charge in [-0.1, -0.05) is 19.1 Å². The van der Waals surface area contributed by atoms with Crippen LogP contribution in [0.25, 0.3) is 0 Å². The number of hydrogen-bond donors (Lipinski definition) is 0. The molecule has 0 saturated heterocycles. The van der Waals surface area contributed by atoms with Crippen LogP contribution < -0.4 is 0 Å². The van der Waals surface area contributed by atoms with E-state index >= 15 is 0 Å². The molecule has 0 aliphatic heterocycles. The van der Waals surface area contributed by atoms with Crippen LogP contribution >= 0.6 is 0 Å². The molecule has 1 aliphatic carbocycles. The molecule has 19 heavy (non-hydrogen) atoms. The van der Waals surface area contributed by atoms with E-state index in [0.29, 0.717) is 23.9 Å². The molecular weight excluding hydrogens is 258 g/mol. The highest BCUT2D eigenvalue weighted by Gasteiger charge is 2.31. The molecule has 106 valence electrons. The largest absolute Gasteiger partial charge is 0.243 e. The highest BCUT2D eigenvalue weighted by atomic mass is 32.2. The molecule has 0 spiro atoms. The maximum Gasteiger partial charge on any atom is 0.243 e. The van der Waals surface area contributed by atoms with Gasteiger partial charge in [0.2, 0.25) is 10.0 Å². The summed E-state index contributed by atoms with van der Waals surface area (Å²) in [5.41, 5.74) is 1.83. The molecule has 4 heteroatoms. The van der Waals surface area contributed by atoms with E-state index in [-0.39, 0.29) is 0 Å². The topological polar surface area (TPSA) is 37.4 Å². The van der Waals surface area contributed by atoms with Crippen molar-refractivity contribution in [3.05, 3.63) is 29.3 Å². The van der Waals surface area contributed by atoms with E-state index in [1.807, 2.05) is 32.9 Å². The summed E-state index contributed by atoms with van der Waals surface area (Å²) in [6.45, 7) is 7.13. The summed E-state index contributed by atoms with van der Waals surface area (Å²) in [5, 5.41) is 0. The quantitative estimate of drug-likeness (QED) is 0.803. The third-order valence-electron chi connectivity index (χ3n) is 3.59. The average molecular weight is 281 g/mol. The summed E-state index contributed by atoms with van der Waals surface area (Å²) in [5.74, 6) is 0.575. The lowest BCUT2D eigenvalue weighted by atomic mass is 10.2. The zero-order valence-electron chi connectivity index (χ0n) is 12.0. The van der Waals surface area contributed by atoms with Gasteiger partial charge in [0.25, 0.3) is 0 Å². The van der Waals surface area contributed by atoms with Gasteiger partial charge < -0.3 is 0 Å². The lowest BCUT2D eigenvalue weighted by Gasteiger charge is -2.22. The molecule has 0 atom stereocenters. The summed E-state index contributed by atoms with van der Waals surface area (Å²) in [7, 11) is -3.34. The standard InChI is InChI=1S/C15H23NO2S/c1-4-9-16(11-14-7-8-14)19(17,18)15-10-12(2)5-6-13(15)3/h5-6,10,14H,4,7-9,11H2,1-3H3. The van der Waals surface area contributed by atoms with Crippen LogP contribution in [0.3, 0.4) is 0 Å². The molecule has 1 aromatic rings. The molecule has 1 aliphatic rings. The molecule has 1 saturated carbocycles. The van der Waals surface area contributed by atoms with E-state index in [1.165, 1.54) is 12.8 Å². The molecule has 2 rings (SSSR count). The van der Waals surface area contributed by atoms with Crippen molar-refractivity contribution in [2.24, 2.45) is 5.92 Å². The smallest absolute Gasteiger partial charge is 0.207 e. The van der Waals surface area contributed by atoms with Gasteiger partial charge in [-0.3, -0.25) is 0 Å². The molecule has 0 aromatic heterocycles. The predicted molar refractivity (Wildman–Crippen MR) is 77.7 cm³/mol. The van der Waals surface area contributed by atoms with Crippen molar-refractivity contribution in [2.45, 2.75) is 44.9 Å². The van der Waals surface area contributed by atoms with Gasteiger partial charge in [0, 0.05) is 13.1 Å². The van der Waals surface area contributed by atoms with Crippen molar-refractivity contribution in [2.75, 3.05) is 13.1 Å². The van der Waals surface area contributed by atoms with Crippen LogP contribution in [-0.2, 0) is 10.0 Å². The van der Waals surface area contributed by atoms with E-state index < -0.39 is 10.0 Å². The summed E-state index contributed by atoms with van der Waals surface area (Å²) in [4.78, 5) is 0.474. The molecule has 0 bridgehead atoms. The second-order valence-electron chi connectivity index (χ2n) is 5.58. The Bertz CT molecular complexity index is 547. The first-order valence-electron chi connectivity index (χ1n) is 7.02. The number of rotatable bonds is 6. The minimum Gasteiger partial charge on any atom is -0.207 e. The summed E-state index contributed by atoms with van der Waals surface area (Å²) in [6, 6.07) is 5.64. The fourth-order valence-electron chi connectivity index (χ4n) is 2.27. The van der Waals surface area contributed by atoms with Crippen molar-refractivity contribution in [1.29, 1.82) is 0 Å². The van der Waals surface area contributed by atoms with Gasteiger partial charge in [-0.15, -0.1) is 0 Å². The fourth-order valence-corrected chi connectivity index (χ4v) is 4.19. The Morgan fingerprint density at radius 2 is 1.95 bits per heavy atom. The van der Waals surface area contributed by atoms with E-state index in [2.05, 4.69) is 0 Å². The number of sulfonamides is 1. The van der Waals surface area contributed by atoms with Crippen LogP contribution in [0.5, 0.6) is 0 Å². The SMILES string of the molecule is CCCN(CC1CC1)S(=O)(=O)c1cc(C)ccc1C. The second kappa shape index (κ2) is 5.63. The molecule has 0 heterocycles. The van der Waals surface area contributed by atoms with Crippen LogP contribution in [0.15, 0.2) is 23.1 Å². The number of hydrogen-bond acceptors (Lipinski definition) is 2. The monoisotopic (exact) mass is 281 g/mol. The molecule has 0 unspecified atom stereocenters. The normalized spacial score (nSPS) is 16.0. The number of nitrogens with zero attached hydrogens (tertiary/aromatic N) is 1. The van der Waals surface area contributed by atoms with Crippen LogP contribution in [-0.4, -0.2) is 25.8 Å².